The summed E-state index contributed by atoms with van der Waals surface area (Å²) in [6.07, 6.45) is 8.23. The largest absolute Gasteiger partial charge is 0.383 e. The Morgan fingerprint density at radius 3 is 2.88 bits per heavy atom. The van der Waals surface area contributed by atoms with Crippen molar-refractivity contribution in [2.75, 3.05) is 26.8 Å². The molecule has 1 aliphatic heterocycles. The van der Waals surface area contributed by atoms with Crippen molar-refractivity contribution in [3.05, 3.63) is 0 Å². The predicted molar refractivity (Wildman–Crippen MR) is 74.2 cm³/mol. The normalized spacial score (nSPS) is 28.6. The van der Waals surface area contributed by atoms with Crippen molar-refractivity contribution in [1.29, 1.82) is 0 Å². The number of nitrogens with one attached hydrogen (secondary N) is 1. The number of rotatable bonds is 3. The average Bonchev–Trinajstić information content (AvgIpc) is 2.38. The van der Waals surface area contributed by atoms with Crippen LogP contribution in [0.15, 0.2) is 0 Å². The van der Waals surface area contributed by atoms with E-state index in [4.69, 9.17) is 17.0 Å². The number of hydrogen-bond donors (Lipinski definition) is 1. The summed E-state index contributed by atoms with van der Waals surface area (Å²) in [4.78, 5) is 2.44. The first-order valence-electron chi connectivity index (χ1n) is 6.86. The van der Waals surface area contributed by atoms with Gasteiger partial charge in [0.2, 0.25) is 0 Å². The Balaban J connectivity index is 1.87. The molecule has 0 spiro atoms. The molecule has 0 aromatic heterocycles. The third kappa shape index (κ3) is 3.32. The molecule has 1 saturated carbocycles. The van der Waals surface area contributed by atoms with Crippen molar-refractivity contribution >= 4 is 17.3 Å². The molecule has 0 unspecified atom stereocenters. The summed E-state index contributed by atoms with van der Waals surface area (Å²) in [5, 5.41) is 4.26. The molecule has 2 atom stereocenters. The number of methoxy groups -OCH3 is 1. The first kappa shape index (κ1) is 13.1. The quantitative estimate of drug-likeness (QED) is 0.618. The summed E-state index contributed by atoms with van der Waals surface area (Å²) in [6, 6.07) is 0.708. The van der Waals surface area contributed by atoms with Gasteiger partial charge >= 0.3 is 0 Å². The number of fused-ring (bicyclic) bond motifs is 1. The standard InChI is InChI=1S/C13H24N2OS/c1-16-10-8-14-13(17)15-9-4-6-11-5-2-3-7-12(11)15/h11-12H,2-10H2,1H3,(H,14,17)/t11-,12-/m1/s1. The van der Waals surface area contributed by atoms with E-state index in [0.717, 1.165) is 30.7 Å². The van der Waals surface area contributed by atoms with Crippen LogP contribution in [0.3, 0.4) is 0 Å². The average molecular weight is 256 g/mol. The van der Waals surface area contributed by atoms with Crippen LogP contribution in [0, 0.1) is 5.92 Å². The molecule has 1 saturated heterocycles. The van der Waals surface area contributed by atoms with Crippen LogP contribution < -0.4 is 5.32 Å². The lowest BCUT2D eigenvalue weighted by molar-refractivity contribution is 0.117. The number of ether oxygens (including phenoxy) is 1. The molecule has 0 radical (unpaired) electrons. The van der Waals surface area contributed by atoms with Gasteiger partial charge in [-0.3, -0.25) is 0 Å². The molecule has 1 heterocycles. The molecule has 0 aromatic rings. The molecule has 2 fully saturated rings. The van der Waals surface area contributed by atoms with Gasteiger partial charge in [0.25, 0.3) is 0 Å². The van der Waals surface area contributed by atoms with Crippen molar-refractivity contribution in [3.63, 3.8) is 0 Å². The highest BCUT2D eigenvalue weighted by Crippen LogP contribution is 2.35. The molecule has 1 N–H and O–H groups in total. The fraction of sp³-hybridized carbons (Fsp3) is 0.923. The smallest absolute Gasteiger partial charge is 0.169 e. The van der Waals surface area contributed by atoms with Gasteiger partial charge in [0, 0.05) is 26.2 Å². The van der Waals surface area contributed by atoms with Crippen LogP contribution in [0.25, 0.3) is 0 Å². The molecular formula is C13H24N2OS. The summed E-state index contributed by atoms with van der Waals surface area (Å²) < 4.78 is 5.05. The SMILES string of the molecule is COCCNC(=S)N1CCC[C@H]2CCCC[C@H]21. The third-order valence-electron chi connectivity index (χ3n) is 4.09. The molecule has 98 valence electrons. The summed E-state index contributed by atoms with van der Waals surface area (Å²) in [7, 11) is 1.72. The van der Waals surface area contributed by atoms with Gasteiger partial charge in [0.15, 0.2) is 5.11 Å². The van der Waals surface area contributed by atoms with Crippen LogP contribution in [-0.2, 0) is 4.74 Å². The second-order valence-electron chi connectivity index (χ2n) is 5.17. The van der Waals surface area contributed by atoms with Crippen molar-refractivity contribution in [1.82, 2.24) is 10.2 Å². The molecular weight excluding hydrogens is 232 g/mol. The molecule has 0 aromatic carbocycles. The van der Waals surface area contributed by atoms with Gasteiger partial charge < -0.3 is 15.0 Å². The maximum atomic E-state index is 5.51. The lowest BCUT2D eigenvalue weighted by Crippen LogP contribution is -2.53. The summed E-state index contributed by atoms with van der Waals surface area (Å²) in [5.74, 6) is 0.889. The van der Waals surface area contributed by atoms with Crippen molar-refractivity contribution in [2.45, 2.75) is 44.6 Å². The molecule has 0 bridgehead atoms. The summed E-state index contributed by atoms with van der Waals surface area (Å²) in [5.41, 5.74) is 0. The van der Waals surface area contributed by atoms with Crippen LogP contribution >= 0.6 is 12.2 Å². The Hall–Kier alpha value is -0.350. The second kappa shape index (κ2) is 6.55. The third-order valence-corrected chi connectivity index (χ3v) is 4.47. The van der Waals surface area contributed by atoms with Gasteiger partial charge in [-0.1, -0.05) is 12.8 Å². The minimum Gasteiger partial charge on any atom is -0.383 e. The van der Waals surface area contributed by atoms with E-state index in [2.05, 4.69) is 10.2 Å². The highest BCUT2D eigenvalue weighted by Gasteiger charge is 2.34. The topological polar surface area (TPSA) is 24.5 Å². The van der Waals surface area contributed by atoms with E-state index in [9.17, 15) is 0 Å². The maximum absolute atomic E-state index is 5.51. The van der Waals surface area contributed by atoms with Crippen LogP contribution in [0.5, 0.6) is 0 Å². The lowest BCUT2D eigenvalue weighted by atomic mass is 9.78. The molecule has 2 aliphatic rings. The zero-order valence-corrected chi connectivity index (χ0v) is 11.6. The number of likely N-dealkylation sites (tertiary alicyclic amines) is 1. The van der Waals surface area contributed by atoms with Crippen LogP contribution in [0.4, 0.5) is 0 Å². The zero-order chi connectivity index (χ0) is 12.1. The van der Waals surface area contributed by atoms with Gasteiger partial charge in [-0.15, -0.1) is 0 Å². The number of piperidine rings is 1. The Morgan fingerprint density at radius 1 is 1.29 bits per heavy atom. The van der Waals surface area contributed by atoms with E-state index >= 15 is 0 Å². The minimum atomic E-state index is 0.708. The zero-order valence-electron chi connectivity index (χ0n) is 10.8. The van der Waals surface area contributed by atoms with Gasteiger partial charge in [-0.05, 0) is 43.8 Å². The van der Waals surface area contributed by atoms with E-state index in [1.54, 1.807) is 7.11 Å². The molecule has 4 heteroatoms. The fourth-order valence-corrected chi connectivity index (χ4v) is 3.57. The molecule has 3 nitrogen and oxygen atoms in total. The van der Waals surface area contributed by atoms with Crippen molar-refractivity contribution in [2.24, 2.45) is 5.92 Å². The van der Waals surface area contributed by atoms with Crippen LogP contribution in [0.1, 0.15) is 38.5 Å². The van der Waals surface area contributed by atoms with E-state index in [1.165, 1.54) is 38.5 Å². The Kier molecular flexibility index (Phi) is 5.04. The second-order valence-corrected chi connectivity index (χ2v) is 5.56. The maximum Gasteiger partial charge on any atom is 0.169 e. The lowest BCUT2D eigenvalue weighted by Gasteiger charge is -2.45. The molecule has 0 amide bonds. The van der Waals surface area contributed by atoms with Crippen molar-refractivity contribution < 1.29 is 4.74 Å². The Labute approximate surface area is 110 Å². The molecule has 2 rings (SSSR count). The van der Waals surface area contributed by atoms with Gasteiger partial charge in [-0.25, -0.2) is 0 Å². The van der Waals surface area contributed by atoms with Crippen LogP contribution in [0.2, 0.25) is 0 Å². The number of hydrogen-bond acceptors (Lipinski definition) is 2. The van der Waals surface area contributed by atoms with E-state index in [-0.39, 0.29) is 0 Å². The summed E-state index contributed by atoms with van der Waals surface area (Å²) >= 11 is 5.51. The van der Waals surface area contributed by atoms with E-state index in [1.807, 2.05) is 0 Å². The van der Waals surface area contributed by atoms with E-state index < -0.39 is 0 Å². The van der Waals surface area contributed by atoms with Gasteiger partial charge in [0.05, 0.1) is 6.61 Å². The van der Waals surface area contributed by atoms with Crippen molar-refractivity contribution in [3.8, 4) is 0 Å². The highest BCUT2D eigenvalue weighted by molar-refractivity contribution is 7.80. The molecule has 1 aliphatic carbocycles. The predicted octanol–water partition coefficient (Wildman–Crippen LogP) is 2.16. The number of nitrogens with zero attached hydrogens (tertiary/aromatic N) is 1. The van der Waals surface area contributed by atoms with E-state index in [0.29, 0.717) is 6.04 Å². The highest BCUT2D eigenvalue weighted by atomic mass is 32.1. The molecule has 17 heavy (non-hydrogen) atoms. The van der Waals surface area contributed by atoms with Gasteiger partial charge in [-0.2, -0.15) is 0 Å². The monoisotopic (exact) mass is 256 g/mol. The van der Waals surface area contributed by atoms with Gasteiger partial charge in [0.1, 0.15) is 0 Å². The minimum absolute atomic E-state index is 0.708. The van der Waals surface area contributed by atoms with Crippen LogP contribution in [-0.4, -0.2) is 42.9 Å². The Bertz CT molecular complexity index is 258. The number of thiocarbonyl (C=S) groups is 1. The fourth-order valence-electron chi connectivity index (χ4n) is 3.24. The first-order chi connectivity index (χ1) is 8.33. The Morgan fingerprint density at radius 2 is 2.06 bits per heavy atom. The summed E-state index contributed by atoms with van der Waals surface area (Å²) in [6.45, 7) is 2.69. The first-order valence-corrected chi connectivity index (χ1v) is 7.27.